The largest absolute Gasteiger partial charge is 0.493 e. The van der Waals surface area contributed by atoms with Crippen molar-refractivity contribution in [3.8, 4) is 22.6 Å². The number of nitrogens with zero attached hydrogens (tertiary/aromatic N) is 1. The fraction of sp³-hybridized carbons (Fsp3) is 0.286. The average molecular weight is 366 g/mol. The molecule has 27 heavy (non-hydrogen) atoms. The standard InChI is InChI=1S/C21H22N2O4/c1-25-17-12-15-16(13-18(17)26-2)22-20(19(15)14-6-4-3-5-7-14)21(24)23-8-10-27-11-9-23/h3-7,12-13,22H,8-11H2,1-2H3. The van der Waals surface area contributed by atoms with Gasteiger partial charge < -0.3 is 24.1 Å². The molecule has 0 bridgehead atoms. The number of carbonyl (C=O) groups excluding carboxylic acids is 1. The molecule has 0 aliphatic carbocycles. The Morgan fingerprint density at radius 1 is 1.04 bits per heavy atom. The van der Waals surface area contributed by atoms with E-state index < -0.39 is 0 Å². The monoisotopic (exact) mass is 366 g/mol. The zero-order valence-electron chi connectivity index (χ0n) is 15.5. The number of ether oxygens (including phenoxy) is 3. The Morgan fingerprint density at radius 3 is 2.37 bits per heavy atom. The van der Waals surface area contributed by atoms with Gasteiger partial charge in [-0.25, -0.2) is 0 Å². The molecule has 6 nitrogen and oxygen atoms in total. The van der Waals surface area contributed by atoms with Crippen LogP contribution < -0.4 is 9.47 Å². The van der Waals surface area contributed by atoms with Crippen molar-refractivity contribution in [1.29, 1.82) is 0 Å². The van der Waals surface area contributed by atoms with Gasteiger partial charge in [0, 0.05) is 30.1 Å². The zero-order valence-corrected chi connectivity index (χ0v) is 15.5. The van der Waals surface area contributed by atoms with E-state index in [9.17, 15) is 4.79 Å². The van der Waals surface area contributed by atoms with E-state index in [1.54, 1.807) is 14.2 Å². The van der Waals surface area contributed by atoms with Gasteiger partial charge in [0.15, 0.2) is 11.5 Å². The topological polar surface area (TPSA) is 63.8 Å². The van der Waals surface area contributed by atoms with E-state index in [4.69, 9.17) is 14.2 Å². The summed E-state index contributed by atoms with van der Waals surface area (Å²) in [4.78, 5) is 18.4. The summed E-state index contributed by atoms with van der Waals surface area (Å²) >= 11 is 0. The van der Waals surface area contributed by atoms with Crippen molar-refractivity contribution in [2.24, 2.45) is 0 Å². The first-order valence-electron chi connectivity index (χ1n) is 8.93. The summed E-state index contributed by atoms with van der Waals surface area (Å²) in [6.07, 6.45) is 0. The summed E-state index contributed by atoms with van der Waals surface area (Å²) in [5.41, 5.74) is 3.27. The normalized spacial score (nSPS) is 14.4. The predicted octanol–water partition coefficient (Wildman–Crippen LogP) is 3.32. The van der Waals surface area contributed by atoms with Crippen LogP contribution in [0.15, 0.2) is 42.5 Å². The van der Waals surface area contributed by atoms with E-state index >= 15 is 0 Å². The first kappa shape index (κ1) is 17.4. The van der Waals surface area contributed by atoms with Gasteiger partial charge in [-0.1, -0.05) is 30.3 Å². The molecule has 1 amide bonds. The molecule has 1 aliphatic heterocycles. The van der Waals surface area contributed by atoms with Crippen molar-refractivity contribution < 1.29 is 19.0 Å². The molecule has 0 unspecified atom stereocenters. The summed E-state index contributed by atoms with van der Waals surface area (Å²) < 4.78 is 16.3. The fourth-order valence-corrected chi connectivity index (χ4v) is 3.51. The number of morpholine rings is 1. The Bertz CT molecular complexity index is 959. The van der Waals surface area contributed by atoms with Crippen molar-refractivity contribution in [2.45, 2.75) is 0 Å². The third-order valence-corrected chi connectivity index (χ3v) is 4.88. The second-order valence-electron chi connectivity index (χ2n) is 6.40. The molecule has 0 spiro atoms. The number of fused-ring (bicyclic) bond motifs is 1. The second kappa shape index (κ2) is 7.32. The lowest BCUT2D eigenvalue weighted by Gasteiger charge is -2.26. The molecule has 1 aliphatic rings. The summed E-state index contributed by atoms with van der Waals surface area (Å²) in [5.74, 6) is 1.23. The smallest absolute Gasteiger partial charge is 0.271 e. The molecular weight excluding hydrogens is 344 g/mol. The average Bonchev–Trinajstić information content (AvgIpc) is 3.11. The summed E-state index contributed by atoms with van der Waals surface area (Å²) in [6, 6.07) is 13.7. The van der Waals surface area contributed by atoms with Crippen LogP contribution in [-0.2, 0) is 4.74 Å². The molecule has 4 rings (SSSR count). The minimum absolute atomic E-state index is 0.0220. The number of carbonyl (C=O) groups is 1. The van der Waals surface area contributed by atoms with E-state index in [1.165, 1.54) is 0 Å². The number of hydrogen-bond acceptors (Lipinski definition) is 4. The highest BCUT2D eigenvalue weighted by molar-refractivity contribution is 6.10. The number of hydrogen-bond donors (Lipinski definition) is 1. The molecule has 0 radical (unpaired) electrons. The highest BCUT2D eigenvalue weighted by atomic mass is 16.5. The molecule has 6 heteroatoms. The van der Waals surface area contributed by atoms with Gasteiger partial charge in [-0.3, -0.25) is 4.79 Å². The van der Waals surface area contributed by atoms with Gasteiger partial charge >= 0.3 is 0 Å². The molecule has 2 aromatic carbocycles. The number of benzene rings is 2. The number of aromatic amines is 1. The van der Waals surface area contributed by atoms with E-state index in [0.717, 1.165) is 22.0 Å². The maximum absolute atomic E-state index is 13.2. The second-order valence-corrected chi connectivity index (χ2v) is 6.40. The molecule has 0 saturated carbocycles. The minimum Gasteiger partial charge on any atom is -0.493 e. The number of H-pyrrole nitrogens is 1. The molecule has 140 valence electrons. The maximum Gasteiger partial charge on any atom is 0.271 e. The lowest BCUT2D eigenvalue weighted by molar-refractivity contribution is 0.0300. The molecule has 1 saturated heterocycles. The Balaban J connectivity index is 1.92. The first-order valence-corrected chi connectivity index (χ1v) is 8.93. The number of nitrogens with one attached hydrogen (secondary N) is 1. The number of methoxy groups -OCH3 is 2. The van der Waals surface area contributed by atoms with Crippen LogP contribution in [0.3, 0.4) is 0 Å². The van der Waals surface area contributed by atoms with Crippen LogP contribution in [0, 0.1) is 0 Å². The van der Waals surface area contributed by atoms with Crippen LogP contribution in [0.2, 0.25) is 0 Å². The van der Waals surface area contributed by atoms with Gasteiger partial charge in [0.2, 0.25) is 0 Å². The van der Waals surface area contributed by atoms with Crippen LogP contribution in [-0.4, -0.2) is 56.3 Å². The highest BCUT2D eigenvalue weighted by Crippen LogP contribution is 2.39. The lowest BCUT2D eigenvalue weighted by Crippen LogP contribution is -2.41. The number of amides is 1. The fourth-order valence-electron chi connectivity index (χ4n) is 3.51. The number of rotatable bonds is 4. The molecule has 2 heterocycles. The minimum atomic E-state index is -0.0220. The first-order chi connectivity index (χ1) is 13.2. The SMILES string of the molecule is COc1cc2[nH]c(C(=O)N3CCOCC3)c(-c3ccccc3)c2cc1OC. The van der Waals surface area contributed by atoms with Gasteiger partial charge in [-0.15, -0.1) is 0 Å². The van der Waals surface area contributed by atoms with Gasteiger partial charge in [0.1, 0.15) is 5.69 Å². The Morgan fingerprint density at radius 2 is 1.70 bits per heavy atom. The summed E-state index contributed by atoms with van der Waals surface area (Å²) in [7, 11) is 3.21. The highest BCUT2D eigenvalue weighted by Gasteiger charge is 2.26. The van der Waals surface area contributed by atoms with Crippen LogP contribution in [0.4, 0.5) is 0 Å². The van der Waals surface area contributed by atoms with Crippen molar-refractivity contribution >= 4 is 16.8 Å². The molecular formula is C21H22N2O4. The van der Waals surface area contributed by atoms with Crippen molar-refractivity contribution in [2.75, 3.05) is 40.5 Å². The van der Waals surface area contributed by atoms with Crippen molar-refractivity contribution in [1.82, 2.24) is 9.88 Å². The van der Waals surface area contributed by atoms with E-state index in [0.29, 0.717) is 43.5 Å². The van der Waals surface area contributed by atoms with Gasteiger partial charge in [-0.05, 0) is 11.6 Å². The third-order valence-electron chi connectivity index (χ3n) is 4.88. The Kier molecular flexibility index (Phi) is 4.73. The lowest BCUT2D eigenvalue weighted by atomic mass is 10.0. The molecule has 1 aromatic heterocycles. The van der Waals surface area contributed by atoms with E-state index in [2.05, 4.69) is 4.98 Å². The van der Waals surface area contributed by atoms with Gasteiger partial charge in [-0.2, -0.15) is 0 Å². The van der Waals surface area contributed by atoms with Crippen molar-refractivity contribution in [3.05, 3.63) is 48.2 Å². The van der Waals surface area contributed by atoms with Crippen molar-refractivity contribution in [3.63, 3.8) is 0 Å². The summed E-state index contributed by atoms with van der Waals surface area (Å²) in [6.45, 7) is 2.31. The van der Waals surface area contributed by atoms with E-state index in [1.807, 2.05) is 47.4 Å². The Labute approximate surface area is 157 Å². The Hall–Kier alpha value is -2.99. The van der Waals surface area contributed by atoms with Crippen LogP contribution in [0.25, 0.3) is 22.0 Å². The molecule has 1 fully saturated rings. The quantitative estimate of drug-likeness (QED) is 0.769. The number of aromatic nitrogens is 1. The third kappa shape index (κ3) is 3.13. The molecule has 3 aromatic rings. The van der Waals surface area contributed by atoms with Gasteiger partial charge in [0.25, 0.3) is 5.91 Å². The van der Waals surface area contributed by atoms with Gasteiger partial charge in [0.05, 0.1) is 33.0 Å². The van der Waals surface area contributed by atoms with Crippen LogP contribution in [0.5, 0.6) is 11.5 Å². The van der Waals surface area contributed by atoms with Crippen LogP contribution in [0.1, 0.15) is 10.5 Å². The van der Waals surface area contributed by atoms with E-state index in [-0.39, 0.29) is 5.91 Å². The molecule has 1 N–H and O–H groups in total. The summed E-state index contributed by atoms with van der Waals surface area (Å²) in [5, 5.41) is 0.926. The predicted molar refractivity (Wildman–Crippen MR) is 104 cm³/mol. The maximum atomic E-state index is 13.2. The zero-order chi connectivity index (χ0) is 18.8. The molecule has 0 atom stereocenters. The van der Waals surface area contributed by atoms with Crippen LogP contribution >= 0.6 is 0 Å².